The Morgan fingerprint density at radius 3 is 2.93 bits per heavy atom. The highest BCUT2D eigenvalue weighted by atomic mass is 32.1. The SMILES string of the molecule is O=C(Cn1cc([N+](=O)[O-])cn1)NN=Cc1cccc(OC(=O)c2cccs2)c1. The molecule has 2 aromatic heterocycles. The van der Waals surface area contributed by atoms with Crippen molar-refractivity contribution >= 4 is 35.1 Å². The van der Waals surface area contributed by atoms with Crippen LogP contribution in [0.4, 0.5) is 5.69 Å². The van der Waals surface area contributed by atoms with Crippen LogP contribution < -0.4 is 10.2 Å². The van der Waals surface area contributed by atoms with Crippen LogP contribution in [0.25, 0.3) is 0 Å². The molecule has 0 spiro atoms. The van der Waals surface area contributed by atoms with Gasteiger partial charge in [0.1, 0.15) is 29.6 Å². The Labute approximate surface area is 162 Å². The number of carbonyl (C=O) groups excluding carboxylic acids is 2. The van der Waals surface area contributed by atoms with Crippen molar-refractivity contribution in [2.75, 3.05) is 0 Å². The van der Waals surface area contributed by atoms with Gasteiger partial charge in [-0.15, -0.1) is 11.3 Å². The maximum absolute atomic E-state index is 12.0. The summed E-state index contributed by atoms with van der Waals surface area (Å²) in [4.78, 5) is 34.2. The van der Waals surface area contributed by atoms with E-state index in [4.69, 9.17) is 4.74 Å². The van der Waals surface area contributed by atoms with Crippen LogP contribution in [0.15, 0.2) is 59.3 Å². The van der Waals surface area contributed by atoms with Crippen LogP contribution in [0.1, 0.15) is 15.2 Å². The molecule has 3 rings (SSSR count). The van der Waals surface area contributed by atoms with Gasteiger partial charge in [-0.1, -0.05) is 18.2 Å². The molecule has 0 aliphatic rings. The summed E-state index contributed by atoms with van der Waals surface area (Å²) in [6.45, 7) is -0.219. The number of rotatable bonds is 7. The van der Waals surface area contributed by atoms with Gasteiger partial charge in [-0.3, -0.25) is 19.6 Å². The number of benzene rings is 1. The zero-order valence-corrected chi connectivity index (χ0v) is 15.0. The molecule has 0 radical (unpaired) electrons. The molecule has 1 aromatic carbocycles. The van der Waals surface area contributed by atoms with Crippen LogP contribution in [0.5, 0.6) is 5.75 Å². The first-order chi connectivity index (χ1) is 13.5. The highest BCUT2D eigenvalue weighted by Gasteiger charge is 2.11. The normalized spacial score (nSPS) is 10.7. The third-order valence-electron chi connectivity index (χ3n) is 3.33. The quantitative estimate of drug-likeness (QED) is 0.213. The summed E-state index contributed by atoms with van der Waals surface area (Å²) in [5.74, 6) is -0.613. The molecule has 0 saturated heterocycles. The Morgan fingerprint density at radius 1 is 1.36 bits per heavy atom. The van der Waals surface area contributed by atoms with E-state index in [9.17, 15) is 19.7 Å². The van der Waals surface area contributed by atoms with E-state index in [2.05, 4.69) is 15.6 Å². The van der Waals surface area contributed by atoms with Crippen molar-refractivity contribution in [2.45, 2.75) is 6.54 Å². The van der Waals surface area contributed by atoms with Crippen molar-refractivity contribution in [3.05, 3.63) is 74.7 Å². The standard InChI is InChI=1S/C17H13N5O5S/c23-16(11-21-10-13(9-19-21)22(25)26)20-18-8-12-3-1-4-14(7-12)27-17(24)15-5-2-6-28-15/h1-10H,11H2,(H,20,23). The molecule has 10 nitrogen and oxygen atoms in total. The number of hydrogen-bond acceptors (Lipinski definition) is 8. The van der Waals surface area contributed by atoms with Crippen LogP contribution in [-0.2, 0) is 11.3 Å². The van der Waals surface area contributed by atoms with Crippen molar-refractivity contribution in [3.63, 3.8) is 0 Å². The van der Waals surface area contributed by atoms with Crippen LogP contribution in [0.3, 0.4) is 0 Å². The molecule has 142 valence electrons. The smallest absolute Gasteiger partial charge is 0.353 e. The first-order valence-electron chi connectivity index (χ1n) is 7.86. The summed E-state index contributed by atoms with van der Waals surface area (Å²) in [5.41, 5.74) is 2.69. The van der Waals surface area contributed by atoms with Crippen LogP contribution >= 0.6 is 11.3 Å². The summed E-state index contributed by atoms with van der Waals surface area (Å²) in [6, 6.07) is 10.1. The van der Waals surface area contributed by atoms with Crippen molar-refractivity contribution < 1.29 is 19.2 Å². The number of hydrogen-bond donors (Lipinski definition) is 1. The van der Waals surface area contributed by atoms with Gasteiger partial charge in [0.15, 0.2) is 0 Å². The molecular weight excluding hydrogens is 386 g/mol. The fourth-order valence-corrected chi connectivity index (χ4v) is 2.70. The topological polar surface area (TPSA) is 129 Å². The van der Waals surface area contributed by atoms with Gasteiger partial charge in [0.05, 0.1) is 11.1 Å². The van der Waals surface area contributed by atoms with Crippen molar-refractivity contribution in [1.82, 2.24) is 15.2 Å². The molecule has 0 fully saturated rings. The number of aromatic nitrogens is 2. The van der Waals surface area contributed by atoms with E-state index in [1.807, 2.05) is 0 Å². The van der Waals surface area contributed by atoms with E-state index in [0.29, 0.717) is 16.2 Å². The third kappa shape index (κ3) is 5.08. The van der Waals surface area contributed by atoms with Crippen molar-refractivity contribution in [2.24, 2.45) is 5.10 Å². The molecule has 1 N–H and O–H groups in total. The largest absolute Gasteiger partial charge is 0.422 e. The predicted octanol–water partition coefficient (Wildman–Crippen LogP) is 2.22. The highest BCUT2D eigenvalue weighted by molar-refractivity contribution is 7.12. The summed E-state index contributed by atoms with van der Waals surface area (Å²) >= 11 is 1.28. The van der Waals surface area contributed by atoms with Crippen LogP contribution in [-0.4, -0.2) is 32.8 Å². The Balaban J connectivity index is 1.54. The van der Waals surface area contributed by atoms with E-state index in [-0.39, 0.29) is 12.2 Å². The van der Waals surface area contributed by atoms with Gasteiger partial charge in [-0.05, 0) is 29.1 Å². The van der Waals surface area contributed by atoms with Gasteiger partial charge >= 0.3 is 11.7 Å². The van der Waals surface area contributed by atoms with Gasteiger partial charge in [0, 0.05) is 0 Å². The number of hydrazone groups is 1. The first kappa shape index (κ1) is 18.9. The zero-order valence-electron chi connectivity index (χ0n) is 14.2. The number of nitro groups is 1. The average Bonchev–Trinajstić information content (AvgIpc) is 3.34. The average molecular weight is 399 g/mol. The Kier molecular flexibility index (Phi) is 5.87. The van der Waals surface area contributed by atoms with E-state index in [1.54, 1.807) is 41.8 Å². The molecule has 2 heterocycles. The minimum absolute atomic E-state index is 0.204. The van der Waals surface area contributed by atoms with Gasteiger partial charge in [0.25, 0.3) is 5.91 Å². The molecule has 28 heavy (non-hydrogen) atoms. The Hall–Kier alpha value is -3.86. The van der Waals surface area contributed by atoms with Crippen molar-refractivity contribution in [3.8, 4) is 5.75 Å². The lowest BCUT2D eigenvalue weighted by molar-refractivity contribution is -0.385. The molecule has 0 saturated carbocycles. The van der Waals surface area contributed by atoms with E-state index < -0.39 is 16.8 Å². The Bertz CT molecular complexity index is 1030. The molecule has 1 amide bonds. The van der Waals surface area contributed by atoms with E-state index in [0.717, 1.165) is 17.1 Å². The lowest BCUT2D eigenvalue weighted by atomic mass is 10.2. The molecule has 0 aliphatic heterocycles. The number of amides is 1. The number of carbonyl (C=O) groups is 2. The number of esters is 1. The predicted molar refractivity (Wildman–Crippen MR) is 100 cm³/mol. The summed E-state index contributed by atoms with van der Waals surface area (Å²) in [6.07, 6.45) is 3.58. The first-order valence-corrected chi connectivity index (χ1v) is 8.74. The van der Waals surface area contributed by atoms with Gasteiger partial charge in [0.2, 0.25) is 0 Å². The molecule has 0 unspecified atom stereocenters. The third-order valence-corrected chi connectivity index (χ3v) is 4.18. The second-order valence-electron chi connectivity index (χ2n) is 5.39. The van der Waals surface area contributed by atoms with Crippen LogP contribution in [0.2, 0.25) is 0 Å². The monoisotopic (exact) mass is 399 g/mol. The fraction of sp³-hybridized carbons (Fsp3) is 0.0588. The molecule has 3 aromatic rings. The van der Waals surface area contributed by atoms with Crippen molar-refractivity contribution in [1.29, 1.82) is 0 Å². The maximum atomic E-state index is 12.0. The molecule has 0 atom stereocenters. The van der Waals surface area contributed by atoms with E-state index in [1.165, 1.54) is 17.6 Å². The highest BCUT2D eigenvalue weighted by Crippen LogP contribution is 2.16. The van der Waals surface area contributed by atoms with E-state index >= 15 is 0 Å². The van der Waals surface area contributed by atoms with Gasteiger partial charge in [-0.25, -0.2) is 10.2 Å². The zero-order chi connectivity index (χ0) is 19.9. The van der Waals surface area contributed by atoms with Gasteiger partial charge in [-0.2, -0.15) is 10.2 Å². The fourth-order valence-electron chi connectivity index (χ4n) is 2.11. The summed E-state index contributed by atoms with van der Waals surface area (Å²) in [7, 11) is 0. The lowest BCUT2D eigenvalue weighted by Crippen LogP contribution is -2.23. The van der Waals surface area contributed by atoms with Gasteiger partial charge < -0.3 is 4.74 Å². The minimum atomic E-state index is -0.599. The molecule has 0 bridgehead atoms. The number of thiophene rings is 1. The molecular formula is C17H13N5O5S. The summed E-state index contributed by atoms with van der Waals surface area (Å²) < 4.78 is 6.42. The number of ether oxygens (including phenoxy) is 1. The maximum Gasteiger partial charge on any atom is 0.353 e. The molecule has 0 aliphatic carbocycles. The second-order valence-corrected chi connectivity index (χ2v) is 6.33. The summed E-state index contributed by atoms with van der Waals surface area (Å²) in [5, 5.41) is 19.9. The van der Waals surface area contributed by atoms with Crippen LogP contribution in [0, 0.1) is 10.1 Å². The number of nitrogens with zero attached hydrogens (tertiary/aromatic N) is 4. The minimum Gasteiger partial charge on any atom is -0.422 e. The lowest BCUT2D eigenvalue weighted by Gasteiger charge is -2.03. The second kappa shape index (κ2) is 8.68. The molecule has 11 heteroatoms. The number of nitrogens with one attached hydrogen (secondary N) is 1. The Morgan fingerprint density at radius 2 is 2.21 bits per heavy atom.